The van der Waals surface area contributed by atoms with Crippen LogP contribution in [-0.4, -0.2) is 33.5 Å². The number of benzene rings is 1. The zero-order chi connectivity index (χ0) is 21.6. The van der Waals surface area contributed by atoms with Gasteiger partial charge in [-0.15, -0.1) is 0 Å². The van der Waals surface area contributed by atoms with Gasteiger partial charge in [-0.25, -0.2) is 14.5 Å². The minimum atomic E-state index is -0.505. The van der Waals surface area contributed by atoms with Gasteiger partial charge in [0.15, 0.2) is 0 Å². The third-order valence-corrected chi connectivity index (χ3v) is 4.14. The van der Waals surface area contributed by atoms with Gasteiger partial charge in [-0.3, -0.25) is 0 Å². The number of nitro groups is 1. The molecule has 1 aromatic heterocycles. The average Bonchev–Trinajstić information content (AvgIpc) is 3.02. The lowest BCUT2D eigenvalue weighted by Gasteiger charge is -2.28. The normalized spacial score (nSPS) is 11.8. The quantitative estimate of drug-likeness (QED) is 0.270. The van der Waals surface area contributed by atoms with Crippen LogP contribution in [0.5, 0.6) is 5.75 Å². The Morgan fingerprint density at radius 1 is 1.28 bits per heavy atom. The molecule has 8 heteroatoms. The van der Waals surface area contributed by atoms with Gasteiger partial charge in [0.25, 0.3) is 11.7 Å². The van der Waals surface area contributed by atoms with Gasteiger partial charge in [0, 0.05) is 25.0 Å². The lowest BCUT2D eigenvalue weighted by Crippen LogP contribution is -2.31. The molecule has 2 aromatic rings. The lowest BCUT2D eigenvalue weighted by atomic mass is 10.1. The zero-order valence-corrected chi connectivity index (χ0v) is 17.7. The fourth-order valence-corrected chi connectivity index (χ4v) is 2.99. The van der Waals surface area contributed by atoms with E-state index in [0.717, 1.165) is 18.8 Å². The predicted octanol–water partition coefficient (Wildman–Crippen LogP) is 4.42. The van der Waals surface area contributed by atoms with Crippen LogP contribution < -0.4 is 9.64 Å². The van der Waals surface area contributed by atoms with Crippen LogP contribution in [0, 0.1) is 22.0 Å². The molecule has 0 N–H and O–H groups in total. The number of hydrogen-bond donors (Lipinski definition) is 0. The van der Waals surface area contributed by atoms with Crippen molar-refractivity contribution in [1.82, 2.24) is 9.55 Å². The van der Waals surface area contributed by atoms with E-state index in [-0.39, 0.29) is 17.5 Å². The number of aromatic nitrogens is 2. The summed E-state index contributed by atoms with van der Waals surface area (Å²) in [6, 6.07) is 7.73. The number of nitrogens with zero attached hydrogens (tertiary/aromatic N) is 5. The molecule has 0 atom stereocenters. The van der Waals surface area contributed by atoms with Crippen LogP contribution in [0.4, 0.5) is 11.5 Å². The molecule has 0 spiro atoms. The summed E-state index contributed by atoms with van der Waals surface area (Å²) in [6.07, 6.45) is 2.49. The largest absolute Gasteiger partial charge is 0.434 e. The molecule has 0 saturated carbocycles. The van der Waals surface area contributed by atoms with E-state index in [1.54, 1.807) is 7.05 Å². The highest BCUT2D eigenvalue weighted by Crippen LogP contribution is 2.23. The molecule has 156 valence electrons. The molecule has 0 aliphatic rings. The maximum absolute atomic E-state index is 11.1. The Balaban J connectivity index is 2.24. The summed E-state index contributed by atoms with van der Waals surface area (Å²) in [7, 11) is 1.54. The molecule has 0 bridgehead atoms. The number of ether oxygens (including phenoxy) is 1. The van der Waals surface area contributed by atoms with Crippen molar-refractivity contribution in [3.8, 4) is 5.75 Å². The smallest absolute Gasteiger partial charge is 0.343 e. The molecule has 0 amide bonds. The molecule has 2 rings (SSSR count). The number of aliphatic imine (C=N–C) groups is 1. The van der Waals surface area contributed by atoms with E-state index in [2.05, 4.69) is 49.2 Å². The maximum atomic E-state index is 11.1. The van der Waals surface area contributed by atoms with Gasteiger partial charge in [-0.05, 0) is 41.0 Å². The second kappa shape index (κ2) is 9.86. The Labute approximate surface area is 171 Å². The van der Waals surface area contributed by atoms with Crippen molar-refractivity contribution in [2.75, 3.05) is 18.0 Å². The molecule has 0 radical (unpaired) electrons. The van der Waals surface area contributed by atoms with Crippen LogP contribution in [0.25, 0.3) is 0 Å². The summed E-state index contributed by atoms with van der Waals surface area (Å²) in [4.78, 5) is 21.1. The highest BCUT2D eigenvalue weighted by Gasteiger charge is 2.23. The van der Waals surface area contributed by atoms with Crippen LogP contribution >= 0.6 is 0 Å². The van der Waals surface area contributed by atoms with Crippen LogP contribution in [-0.2, 0) is 7.05 Å². The van der Waals surface area contributed by atoms with Gasteiger partial charge < -0.3 is 19.8 Å². The van der Waals surface area contributed by atoms with Crippen molar-refractivity contribution in [1.29, 1.82) is 0 Å². The molecule has 0 aliphatic heterocycles. The number of rotatable bonds is 9. The second-order valence-corrected chi connectivity index (χ2v) is 7.66. The van der Waals surface area contributed by atoms with Crippen molar-refractivity contribution < 1.29 is 9.66 Å². The molecule has 1 heterocycles. The third-order valence-electron chi connectivity index (χ3n) is 4.14. The summed E-state index contributed by atoms with van der Waals surface area (Å²) >= 11 is 0. The van der Waals surface area contributed by atoms with Gasteiger partial charge in [0.1, 0.15) is 11.9 Å². The monoisotopic (exact) mass is 399 g/mol. The number of hydrogen-bond acceptors (Lipinski definition) is 6. The summed E-state index contributed by atoms with van der Waals surface area (Å²) in [5.74, 6) is 1.92. The fraction of sp³-hybridized carbons (Fsp3) is 0.429. The topological polar surface area (TPSA) is 85.8 Å². The highest BCUT2D eigenvalue weighted by atomic mass is 16.6. The highest BCUT2D eigenvalue weighted by molar-refractivity contribution is 5.93. The van der Waals surface area contributed by atoms with Crippen molar-refractivity contribution in [2.24, 2.45) is 23.9 Å². The Bertz CT molecular complexity index is 859. The van der Waals surface area contributed by atoms with Gasteiger partial charge in [0.05, 0.1) is 7.05 Å². The first-order chi connectivity index (χ1) is 13.7. The minimum absolute atomic E-state index is 0.143. The molecule has 29 heavy (non-hydrogen) atoms. The minimum Gasteiger partial charge on any atom is -0.434 e. The van der Waals surface area contributed by atoms with E-state index in [4.69, 9.17) is 4.74 Å². The Kier molecular flexibility index (Phi) is 7.52. The van der Waals surface area contributed by atoms with Gasteiger partial charge >= 0.3 is 5.82 Å². The molecule has 0 unspecified atom stereocenters. The van der Waals surface area contributed by atoms with Gasteiger partial charge in [-0.1, -0.05) is 34.3 Å². The molecule has 0 aliphatic carbocycles. The number of imidazole rings is 1. The fourth-order valence-electron chi connectivity index (χ4n) is 2.99. The van der Waals surface area contributed by atoms with Crippen molar-refractivity contribution in [3.63, 3.8) is 0 Å². The van der Waals surface area contributed by atoms with E-state index in [1.165, 1.54) is 17.0 Å². The first kappa shape index (κ1) is 22.1. The molecular formula is C21H29N5O3. The second-order valence-electron chi connectivity index (χ2n) is 7.66. The summed E-state index contributed by atoms with van der Waals surface area (Å²) in [6.45, 7) is 14.3. The average molecular weight is 399 g/mol. The van der Waals surface area contributed by atoms with E-state index in [1.807, 2.05) is 24.3 Å². The van der Waals surface area contributed by atoms with E-state index in [9.17, 15) is 10.1 Å². The summed E-state index contributed by atoms with van der Waals surface area (Å²) in [5, 5.41) is 11.1. The Morgan fingerprint density at radius 3 is 2.31 bits per heavy atom. The van der Waals surface area contributed by atoms with E-state index >= 15 is 0 Å². The van der Waals surface area contributed by atoms with Gasteiger partial charge in [-0.2, -0.15) is 0 Å². The standard InChI is InChI=1S/C21H29N5O3/c1-7-22-21(20-23-12-19(24(20)6)26(27)28)29-18-10-8-17(9-11-18)25(13-15(2)3)14-16(4)5/h7-12,15-16H,1,13-14H2,2-6H3. The molecule has 0 fully saturated rings. The van der Waals surface area contributed by atoms with Gasteiger partial charge in [0.2, 0.25) is 0 Å². The van der Waals surface area contributed by atoms with Crippen LogP contribution in [0.15, 0.2) is 48.2 Å². The van der Waals surface area contributed by atoms with Crippen LogP contribution in [0.1, 0.15) is 33.5 Å². The SMILES string of the molecule is C=CN=C(Oc1ccc(N(CC(C)C)CC(C)C)cc1)c1ncc([N+](=O)[O-])n1C. The van der Waals surface area contributed by atoms with Crippen molar-refractivity contribution in [3.05, 3.63) is 59.2 Å². The summed E-state index contributed by atoms with van der Waals surface area (Å²) < 4.78 is 7.19. The Morgan fingerprint density at radius 2 is 1.86 bits per heavy atom. The van der Waals surface area contributed by atoms with E-state index < -0.39 is 4.92 Å². The first-order valence-electron chi connectivity index (χ1n) is 9.61. The molecule has 1 aromatic carbocycles. The van der Waals surface area contributed by atoms with Crippen LogP contribution in [0.2, 0.25) is 0 Å². The zero-order valence-electron chi connectivity index (χ0n) is 17.7. The van der Waals surface area contributed by atoms with Crippen LogP contribution in [0.3, 0.4) is 0 Å². The maximum Gasteiger partial charge on any atom is 0.343 e. The number of anilines is 1. The first-order valence-corrected chi connectivity index (χ1v) is 9.61. The van der Waals surface area contributed by atoms with Crippen molar-refractivity contribution >= 4 is 17.4 Å². The third kappa shape index (κ3) is 5.91. The lowest BCUT2D eigenvalue weighted by molar-refractivity contribution is -0.391. The Hall–Kier alpha value is -3.16. The molecule has 0 saturated heterocycles. The molecule has 8 nitrogen and oxygen atoms in total. The predicted molar refractivity (Wildman–Crippen MR) is 116 cm³/mol. The molecular weight excluding hydrogens is 370 g/mol. The van der Waals surface area contributed by atoms with Crippen molar-refractivity contribution in [2.45, 2.75) is 27.7 Å². The summed E-state index contributed by atoms with van der Waals surface area (Å²) in [5.41, 5.74) is 1.12. The van der Waals surface area contributed by atoms with E-state index in [0.29, 0.717) is 17.6 Å².